The second kappa shape index (κ2) is 4.45. The van der Waals surface area contributed by atoms with Crippen LogP contribution in [-0.4, -0.2) is 0 Å². The van der Waals surface area contributed by atoms with E-state index < -0.39 is 0 Å². The molecule has 1 aliphatic rings. The molecule has 0 bridgehead atoms. The molecule has 1 unspecified atom stereocenters. The van der Waals surface area contributed by atoms with E-state index in [2.05, 4.69) is 39.8 Å². The summed E-state index contributed by atoms with van der Waals surface area (Å²) in [6.07, 6.45) is 5.24. The smallest absolute Gasteiger partial charge is 0.0354 e. The molecular weight excluding hydrogens is 206 g/mol. The quantitative estimate of drug-likeness (QED) is 0.811. The molecule has 0 heterocycles. The number of hydrogen-bond acceptors (Lipinski definition) is 1. The van der Waals surface area contributed by atoms with Gasteiger partial charge in [-0.25, -0.2) is 0 Å². The van der Waals surface area contributed by atoms with Gasteiger partial charge >= 0.3 is 0 Å². The fraction of sp³-hybridized carbons (Fsp3) is 0.625. The molecule has 2 rings (SSSR count). The summed E-state index contributed by atoms with van der Waals surface area (Å²) in [7, 11) is 0. The summed E-state index contributed by atoms with van der Waals surface area (Å²) in [6, 6.07) is 4.73. The highest BCUT2D eigenvalue weighted by Gasteiger charge is 2.36. The van der Waals surface area contributed by atoms with Crippen LogP contribution in [-0.2, 0) is 0 Å². The minimum Gasteiger partial charge on any atom is -0.323 e. The first-order valence-electron chi connectivity index (χ1n) is 6.77. The van der Waals surface area contributed by atoms with Crippen LogP contribution in [0.25, 0.3) is 0 Å². The first-order valence-corrected chi connectivity index (χ1v) is 6.77. The van der Waals surface area contributed by atoms with Gasteiger partial charge in [0.15, 0.2) is 0 Å². The molecule has 17 heavy (non-hydrogen) atoms. The van der Waals surface area contributed by atoms with Gasteiger partial charge in [0.1, 0.15) is 0 Å². The van der Waals surface area contributed by atoms with Gasteiger partial charge < -0.3 is 5.73 Å². The highest BCUT2D eigenvalue weighted by atomic mass is 14.7. The second-order valence-corrected chi connectivity index (χ2v) is 6.15. The lowest BCUT2D eigenvalue weighted by Crippen LogP contribution is -2.30. The highest BCUT2D eigenvalue weighted by molar-refractivity contribution is 5.40. The van der Waals surface area contributed by atoms with Crippen LogP contribution in [0, 0.1) is 26.2 Å². The molecule has 1 saturated carbocycles. The molecule has 0 radical (unpaired) electrons. The van der Waals surface area contributed by atoms with Crippen LogP contribution in [0.2, 0.25) is 0 Å². The van der Waals surface area contributed by atoms with Gasteiger partial charge in [0.2, 0.25) is 0 Å². The van der Waals surface area contributed by atoms with Gasteiger partial charge in [-0.1, -0.05) is 37.5 Å². The Labute approximate surface area is 105 Å². The summed E-state index contributed by atoms with van der Waals surface area (Å²) in [4.78, 5) is 0. The zero-order valence-electron chi connectivity index (χ0n) is 11.6. The number of hydrogen-bond donors (Lipinski definition) is 1. The summed E-state index contributed by atoms with van der Waals surface area (Å²) in [6.45, 7) is 8.93. The van der Waals surface area contributed by atoms with E-state index in [-0.39, 0.29) is 6.04 Å². The van der Waals surface area contributed by atoms with Gasteiger partial charge in [0, 0.05) is 6.04 Å². The fourth-order valence-corrected chi connectivity index (χ4v) is 3.52. The normalized spacial score (nSPS) is 20.5. The number of rotatable bonds is 2. The maximum absolute atomic E-state index is 6.59. The first kappa shape index (κ1) is 12.6. The minimum atomic E-state index is 0.200. The fourth-order valence-electron chi connectivity index (χ4n) is 3.52. The molecule has 0 saturated heterocycles. The molecule has 0 aliphatic heterocycles. The van der Waals surface area contributed by atoms with Gasteiger partial charge in [-0.05, 0) is 55.7 Å². The van der Waals surface area contributed by atoms with Gasteiger partial charge in [-0.15, -0.1) is 0 Å². The lowest BCUT2D eigenvalue weighted by Gasteiger charge is -2.33. The largest absolute Gasteiger partial charge is 0.323 e. The van der Waals surface area contributed by atoms with Crippen molar-refractivity contribution in [3.05, 3.63) is 34.4 Å². The Bertz CT molecular complexity index is 391. The van der Waals surface area contributed by atoms with Gasteiger partial charge in [0.05, 0.1) is 0 Å². The summed E-state index contributed by atoms with van der Waals surface area (Å²) in [5.41, 5.74) is 12.4. The average molecular weight is 231 g/mol. The van der Waals surface area contributed by atoms with E-state index >= 15 is 0 Å². The van der Waals surface area contributed by atoms with Crippen LogP contribution < -0.4 is 5.73 Å². The summed E-state index contributed by atoms with van der Waals surface area (Å²) in [5.74, 6) is 0. The molecule has 1 aromatic rings. The summed E-state index contributed by atoms with van der Waals surface area (Å²) < 4.78 is 0. The predicted octanol–water partition coefficient (Wildman–Crippen LogP) is 4.19. The van der Waals surface area contributed by atoms with Crippen molar-refractivity contribution in [2.75, 3.05) is 0 Å². The van der Waals surface area contributed by atoms with Crippen molar-refractivity contribution in [2.24, 2.45) is 11.1 Å². The Balaban J connectivity index is 2.40. The Morgan fingerprint density at radius 3 is 2.00 bits per heavy atom. The van der Waals surface area contributed by atoms with Crippen molar-refractivity contribution in [1.82, 2.24) is 0 Å². The maximum atomic E-state index is 6.59. The van der Waals surface area contributed by atoms with Gasteiger partial charge in [-0.2, -0.15) is 0 Å². The van der Waals surface area contributed by atoms with Crippen molar-refractivity contribution < 1.29 is 0 Å². The van der Waals surface area contributed by atoms with Crippen LogP contribution >= 0.6 is 0 Å². The third-order valence-electron chi connectivity index (χ3n) is 4.55. The molecule has 0 spiro atoms. The maximum Gasteiger partial charge on any atom is 0.0354 e. The minimum absolute atomic E-state index is 0.200. The molecule has 1 atom stereocenters. The van der Waals surface area contributed by atoms with Gasteiger partial charge in [-0.3, -0.25) is 0 Å². The SMILES string of the molecule is Cc1cc(C)c(C(N)C2(C)CCCC2)c(C)c1. The van der Waals surface area contributed by atoms with Crippen LogP contribution in [0.3, 0.4) is 0 Å². The van der Waals surface area contributed by atoms with Crippen LogP contribution in [0.1, 0.15) is 60.9 Å². The van der Waals surface area contributed by atoms with Crippen molar-refractivity contribution in [3.8, 4) is 0 Å². The Morgan fingerprint density at radius 1 is 1.06 bits per heavy atom. The van der Waals surface area contributed by atoms with Crippen molar-refractivity contribution in [3.63, 3.8) is 0 Å². The molecule has 1 nitrogen and oxygen atoms in total. The Kier molecular flexibility index (Phi) is 3.31. The molecule has 2 N–H and O–H groups in total. The number of benzene rings is 1. The zero-order chi connectivity index (χ0) is 12.6. The van der Waals surface area contributed by atoms with Crippen molar-refractivity contribution in [2.45, 2.75) is 59.4 Å². The molecule has 1 fully saturated rings. The van der Waals surface area contributed by atoms with E-state index in [4.69, 9.17) is 5.73 Å². The highest BCUT2D eigenvalue weighted by Crippen LogP contribution is 2.47. The number of aryl methyl sites for hydroxylation is 3. The van der Waals surface area contributed by atoms with E-state index in [0.29, 0.717) is 5.41 Å². The second-order valence-electron chi connectivity index (χ2n) is 6.15. The molecule has 0 amide bonds. The third-order valence-corrected chi connectivity index (χ3v) is 4.55. The Morgan fingerprint density at radius 2 is 1.53 bits per heavy atom. The molecule has 1 heteroatoms. The van der Waals surface area contributed by atoms with Crippen LogP contribution in [0.5, 0.6) is 0 Å². The first-order chi connectivity index (χ1) is 7.94. The molecule has 0 aromatic heterocycles. The molecule has 1 aromatic carbocycles. The molecular formula is C16H25N. The van der Waals surface area contributed by atoms with E-state index in [1.54, 1.807) is 0 Å². The summed E-state index contributed by atoms with van der Waals surface area (Å²) in [5, 5.41) is 0. The standard InChI is InChI=1S/C16H25N/c1-11-9-12(2)14(13(3)10-11)15(17)16(4)7-5-6-8-16/h9-10,15H,5-8,17H2,1-4H3. The Hall–Kier alpha value is -0.820. The lowest BCUT2D eigenvalue weighted by molar-refractivity contribution is 0.264. The van der Waals surface area contributed by atoms with E-state index in [9.17, 15) is 0 Å². The lowest BCUT2D eigenvalue weighted by atomic mass is 9.75. The van der Waals surface area contributed by atoms with Crippen LogP contribution in [0.15, 0.2) is 12.1 Å². The van der Waals surface area contributed by atoms with Crippen molar-refractivity contribution >= 4 is 0 Å². The van der Waals surface area contributed by atoms with Crippen molar-refractivity contribution in [1.29, 1.82) is 0 Å². The number of nitrogens with two attached hydrogens (primary N) is 1. The average Bonchev–Trinajstić information content (AvgIpc) is 2.64. The predicted molar refractivity (Wildman–Crippen MR) is 74.2 cm³/mol. The van der Waals surface area contributed by atoms with E-state index in [1.807, 2.05) is 0 Å². The zero-order valence-corrected chi connectivity index (χ0v) is 11.6. The van der Waals surface area contributed by atoms with Gasteiger partial charge in [0.25, 0.3) is 0 Å². The third kappa shape index (κ3) is 2.26. The monoisotopic (exact) mass is 231 g/mol. The topological polar surface area (TPSA) is 26.0 Å². The van der Waals surface area contributed by atoms with Crippen LogP contribution in [0.4, 0.5) is 0 Å². The molecule has 1 aliphatic carbocycles. The molecule has 94 valence electrons. The van der Waals surface area contributed by atoms with E-state index in [1.165, 1.54) is 47.9 Å². The van der Waals surface area contributed by atoms with E-state index in [0.717, 1.165) is 0 Å². The summed E-state index contributed by atoms with van der Waals surface area (Å²) >= 11 is 0.